The Bertz CT molecular complexity index is 1030. The molecule has 0 aliphatic carbocycles. The van der Waals surface area contributed by atoms with E-state index in [0.29, 0.717) is 43.9 Å². The molecule has 9 heteroatoms. The Morgan fingerprint density at radius 1 is 0.844 bits per heavy atom. The summed E-state index contributed by atoms with van der Waals surface area (Å²) in [7, 11) is 0. The van der Waals surface area contributed by atoms with Gasteiger partial charge in [-0.25, -0.2) is 9.78 Å². The van der Waals surface area contributed by atoms with Crippen molar-refractivity contribution < 1.29 is 27.4 Å². The van der Waals surface area contributed by atoms with E-state index in [9.17, 15) is 18.0 Å². The highest BCUT2D eigenvalue weighted by molar-refractivity contribution is 5.71. The Labute approximate surface area is 182 Å². The number of alkyl halides is 3. The molecule has 4 rings (SSSR count). The summed E-state index contributed by atoms with van der Waals surface area (Å²) in [4.78, 5) is 20.0. The van der Waals surface area contributed by atoms with Gasteiger partial charge in [-0.05, 0) is 42.5 Å². The highest BCUT2D eigenvalue weighted by Crippen LogP contribution is 2.30. The molecule has 1 saturated heterocycles. The largest absolute Gasteiger partial charge is 0.439 e. The molecule has 0 spiro atoms. The highest BCUT2D eigenvalue weighted by Gasteiger charge is 2.30. The Morgan fingerprint density at radius 3 is 2.09 bits per heavy atom. The quantitative estimate of drug-likeness (QED) is 0.554. The number of hydrogen-bond acceptors (Lipinski definition) is 5. The summed E-state index contributed by atoms with van der Waals surface area (Å²) in [5.74, 6) is 0.723. The topological polar surface area (TPSA) is 54.9 Å². The maximum absolute atomic E-state index is 12.6. The Morgan fingerprint density at radius 2 is 1.50 bits per heavy atom. The zero-order chi connectivity index (χ0) is 22.6. The monoisotopic (exact) mass is 443 g/mol. The van der Waals surface area contributed by atoms with Crippen molar-refractivity contribution in [1.82, 2.24) is 9.88 Å². The second-order valence-corrected chi connectivity index (χ2v) is 7.13. The number of hydrogen-bond donors (Lipinski definition) is 0. The van der Waals surface area contributed by atoms with E-state index in [0.717, 1.165) is 17.8 Å². The van der Waals surface area contributed by atoms with Crippen molar-refractivity contribution in [3.63, 3.8) is 0 Å². The second-order valence-electron chi connectivity index (χ2n) is 7.13. The number of amides is 1. The van der Waals surface area contributed by atoms with Crippen LogP contribution in [0.2, 0.25) is 0 Å². The summed E-state index contributed by atoms with van der Waals surface area (Å²) >= 11 is 0. The average Bonchev–Trinajstić information content (AvgIpc) is 2.81. The SMILES string of the molecule is O=C(Oc1ccc(Oc2ccc(C(F)(F)F)cn2)cc1)N1CCN(c2ccccc2)CC1. The van der Waals surface area contributed by atoms with Gasteiger partial charge in [-0.2, -0.15) is 13.2 Å². The first-order valence-electron chi connectivity index (χ1n) is 9.96. The first-order chi connectivity index (χ1) is 15.4. The molecule has 0 unspecified atom stereocenters. The minimum Gasteiger partial charge on any atom is -0.439 e. The predicted molar refractivity (Wildman–Crippen MR) is 112 cm³/mol. The van der Waals surface area contributed by atoms with Crippen LogP contribution in [0.15, 0.2) is 72.9 Å². The third-order valence-electron chi connectivity index (χ3n) is 4.97. The van der Waals surface area contributed by atoms with Crippen LogP contribution >= 0.6 is 0 Å². The maximum Gasteiger partial charge on any atom is 0.417 e. The molecule has 6 nitrogen and oxygen atoms in total. The maximum atomic E-state index is 12.6. The lowest BCUT2D eigenvalue weighted by atomic mass is 10.2. The van der Waals surface area contributed by atoms with E-state index >= 15 is 0 Å². The Kier molecular flexibility index (Phi) is 6.16. The van der Waals surface area contributed by atoms with Gasteiger partial charge in [-0.15, -0.1) is 0 Å². The smallest absolute Gasteiger partial charge is 0.417 e. The summed E-state index contributed by atoms with van der Waals surface area (Å²) in [6.45, 7) is 2.53. The van der Waals surface area contributed by atoms with Crippen LogP contribution in [0.1, 0.15) is 5.56 Å². The van der Waals surface area contributed by atoms with Crippen molar-refractivity contribution in [2.24, 2.45) is 0 Å². The molecule has 2 aromatic carbocycles. The van der Waals surface area contributed by atoms with E-state index in [4.69, 9.17) is 9.47 Å². The second kappa shape index (κ2) is 9.17. The molecule has 166 valence electrons. The normalized spacial score (nSPS) is 14.2. The number of para-hydroxylation sites is 1. The number of carbonyl (C=O) groups is 1. The standard InChI is InChI=1S/C23H20F3N3O3/c24-23(25,26)17-6-11-21(27-16-17)31-19-7-9-20(10-8-19)32-22(30)29-14-12-28(13-15-29)18-4-2-1-3-5-18/h1-11,16H,12-15H2. The summed E-state index contributed by atoms with van der Waals surface area (Å²) in [5, 5.41) is 0. The average molecular weight is 443 g/mol. The molecule has 1 fully saturated rings. The minimum atomic E-state index is -4.45. The summed E-state index contributed by atoms with van der Waals surface area (Å²) < 4.78 is 48.7. The highest BCUT2D eigenvalue weighted by atomic mass is 19.4. The van der Waals surface area contributed by atoms with Gasteiger partial charge in [0.2, 0.25) is 5.88 Å². The van der Waals surface area contributed by atoms with Crippen LogP contribution in [0.4, 0.5) is 23.7 Å². The number of carbonyl (C=O) groups excluding carboxylic acids is 1. The van der Waals surface area contributed by atoms with Gasteiger partial charge >= 0.3 is 12.3 Å². The van der Waals surface area contributed by atoms with Gasteiger partial charge in [0.1, 0.15) is 11.5 Å². The van der Waals surface area contributed by atoms with Gasteiger partial charge in [-0.3, -0.25) is 0 Å². The van der Waals surface area contributed by atoms with Gasteiger partial charge in [-0.1, -0.05) is 18.2 Å². The Balaban J connectivity index is 1.28. The zero-order valence-electron chi connectivity index (χ0n) is 17.0. The predicted octanol–water partition coefficient (Wildman–Crippen LogP) is 5.21. The van der Waals surface area contributed by atoms with Crippen LogP contribution in [0.5, 0.6) is 17.4 Å². The number of piperazine rings is 1. The molecule has 2 heterocycles. The summed E-state index contributed by atoms with van der Waals surface area (Å²) in [6, 6.07) is 18.3. The molecule has 3 aromatic rings. The van der Waals surface area contributed by atoms with Gasteiger partial charge in [0.25, 0.3) is 0 Å². The number of anilines is 1. The van der Waals surface area contributed by atoms with E-state index < -0.39 is 17.8 Å². The van der Waals surface area contributed by atoms with Crippen molar-refractivity contribution in [3.8, 4) is 17.4 Å². The molecule has 0 N–H and O–H groups in total. The first kappa shape index (κ1) is 21.5. The van der Waals surface area contributed by atoms with Crippen LogP contribution in [-0.4, -0.2) is 42.2 Å². The molecular formula is C23H20F3N3O3. The van der Waals surface area contributed by atoms with Crippen molar-refractivity contribution in [3.05, 3.63) is 78.5 Å². The van der Waals surface area contributed by atoms with Crippen molar-refractivity contribution in [2.45, 2.75) is 6.18 Å². The minimum absolute atomic E-state index is 0.0269. The molecule has 1 aromatic heterocycles. The van der Waals surface area contributed by atoms with Crippen molar-refractivity contribution in [1.29, 1.82) is 0 Å². The van der Waals surface area contributed by atoms with E-state index in [-0.39, 0.29) is 5.88 Å². The number of pyridine rings is 1. The van der Waals surface area contributed by atoms with Crippen LogP contribution in [-0.2, 0) is 6.18 Å². The number of benzene rings is 2. The van der Waals surface area contributed by atoms with Crippen LogP contribution < -0.4 is 14.4 Å². The van der Waals surface area contributed by atoms with Crippen molar-refractivity contribution >= 4 is 11.8 Å². The summed E-state index contributed by atoms with van der Waals surface area (Å²) in [5.41, 5.74) is 0.273. The molecule has 1 aliphatic rings. The van der Waals surface area contributed by atoms with E-state index in [1.54, 1.807) is 29.2 Å². The van der Waals surface area contributed by atoms with Crippen LogP contribution in [0, 0.1) is 0 Å². The molecular weight excluding hydrogens is 423 g/mol. The van der Waals surface area contributed by atoms with Gasteiger partial charge < -0.3 is 19.3 Å². The molecule has 0 bridgehead atoms. The third-order valence-corrected chi connectivity index (χ3v) is 4.97. The number of aromatic nitrogens is 1. The first-order valence-corrected chi connectivity index (χ1v) is 9.96. The Hall–Kier alpha value is -3.75. The van der Waals surface area contributed by atoms with Gasteiger partial charge in [0.15, 0.2) is 0 Å². The van der Waals surface area contributed by atoms with E-state index in [2.05, 4.69) is 9.88 Å². The van der Waals surface area contributed by atoms with Gasteiger partial charge in [0, 0.05) is 44.1 Å². The zero-order valence-corrected chi connectivity index (χ0v) is 17.0. The van der Waals surface area contributed by atoms with Crippen molar-refractivity contribution in [2.75, 3.05) is 31.1 Å². The van der Waals surface area contributed by atoms with E-state index in [1.165, 1.54) is 0 Å². The lowest BCUT2D eigenvalue weighted by Gasteiger charge is -2.35. The van der Waals surface area contributed by atoms with Crippen LogP contribution in [0.25, 0.3) is 0 Å². The molecule has 1 aliphatic heterocycles. The van der Waals surface area contributed by atoms with E-state index in [1.807, 2.05) is 30.3 Å². The van der Waals surface area contributed by atoms with Crippen LogP contribution in [0.3, 0.4) is 0 Å². The van der Waals surface area contributed by atoms with Gasteiger partial charge in [0.05, 0.1) is 5.56 Å². The molecule has 0 atom stereocenters. The lowest BCUT2D eigenvalue weighted by molar-refractivity contribution is -0.137. The molecule has 1 amide bonds. The number of nitrogens with zero attached hydrogens (tertiary/aromatic N) is 3. The summed E-state index contributed by atoms with van der Waals surface area (Å²) in [6.07, 6.45) is -4.18. The lowest BCUT2D eigenvalue weighted by Crippen LogP contribution is -2.49. The fraction of sp³-hybridized carbons (Fsp3) is 0.217. The fourth-order valence-electron chi connectivity index (χ4n) is 3.26. The number of halogens is 3. The molecule has 0 radical (unpaired) electrons. The number of rotatable bonds is 4. The fourth-order valence-corrected chi connectivity index (χ4v) is 3.26. The molecule has 0 saturated carbocycles. The molecule has 32 heavy (non-hydrogen) atoms. The third kappa shape index (κ3) is 5.29. The number of ether oxygens (including phenoxy) is 2.